The van der Waals surface area contributed by atoms with E-state index in [4.69, 9.17) is 0 Å². The van der Waals surface area contributed by atoms with E-state index in [1.165, 1.54) is 25.2 Å². The number of benzene rings is 2. The number of hydrogen-bond donors (Lipinski definition) is 1. The van der Waals surface area contributed by atoms with Gasteiger partial charge in [-0.1, -0.05) is 35.8 Å². The van der Waals surface area contributed by atoms with Crippen LogP contribution in [0.15, 0.2) is 72.3 Å². The van der Waals surface area contributed by atoms with Crippen molar-refractivity contribution in [1.82, 2.24) is 0 Å². The summed E-state index contributed by atoms with van der Waals surface area (Å²) in [6, 6.07) is 13.9. The lowest BCUT2D eigenvalue weighted by molar-refractivity contribution is -0.199. The molecule has 0 spiro atoms. The average molecular weight is 378 g/mol. The molecule has 0 radical (unpaired) electrons. The second-order valence-electron chi connectivity index (χ2n) is 6.74. The number of rotatable bonds is 0. The SMILES string of the molecule is CC1(C(F)(F)F)C=CC(C#Cc2ccc(C#Cc3ccc(O)cc3)cc2)=CC1. The van der Waals surface area contributed by atoms with E-state index in [1.54, 1.807) is 24.3 Å². The lowest BCUT2D eigenvalue weighted by Crippen LogP contribution is -2.33. The Morgan fingerprint density at radius 1 is 0.821 bits per heavy atom. The summed E-state index contributed by atoms with van der Waals surface area (Å²) in [6.07, 6.45) is -0.239. The van der Waals surface area contributed by atoms with Gasteiger partial charge in [-0.15, -0.1) is 0 Å². The van der Waals surface area contributed by atoms with Gasteiger partial charge in [0.05, 0.1) is 5.41 Å². The first-order valence-electron chi connectivity index (χ1n) is 8.64. The van der Waals surface area contributed by atoms with Crippen LogP contribution < -0.4 is 0 Å². The summed E-state index contributed by atoms with van der Waals surface area (Å²) in [5.74, 6) is 12.1. The number of phenols is 1. The molecule has 2 aromatic rings. The first-order chi connectivity index (χ1) is 13.2. The van der Waals surface area contributed by atoms with E-state index in [0.29, 0.717) is 5.57 Å². The van der Waals surface area contributed by atoms with Crippen LogP contribution in [0.2, 0.25) is 0 Å². The van der Waals surface area contributed by atoms with Gasteiger partial charge in [0, 0.05) is 22.3 Å². The maximum Gasteiger partial charge on any atom is 0.397 e. The summed E-state index contributed by atoms with van der Waals surface area (Å²) >= 11 is 0. The van der Waals surface area contributed by atoms with Gasteiger partial charge in [-0.3, -0.25) is 0 Å². The van der Waals surface area contributed by atoms with Crippen LogP contribution in [0.25, 0.3) is 0 Å². The number of phenolic OH excluding ortho intramolecular Hbond substituents is 1. The summed E-state index contributed by atoms with van der Waals surface area (Å²) in [7, 11) is 0. The minimum absolute atomic E-state index is 0.108. The fraction of sp³-hybridized carbons (Fsp3) is 0.167. The molecular formula is C24H17F3O. The normalized spacial score (nSPS) is 18.4. The van der Waals surface area contributed by atoms with Crippen LogP contribution in [0.4, 0.5) is 13.2 Å². The number of aromatic hydroxyl groups is 1. The smallest absolute Gasteiger partial charge is 0.397 e. The highest BCUT2D eigenvalue weighted by atomic mass is 19.4. The predicted molar refractivity (Wildman–Crippen MR) is 103 cm³/mol. The third-order valence-corrected chi connectivity index (χ3v) is 4.48. The van der Waals surface area contributed by atoms with Gasteiger partial charge in [0.1, 0.15) is 5.75 Å². The van der Waals surface area contributed by atoms with Crippen LogP contribution in [0.5, 0.6) is 5.75 Å². The van der Waals surface area contributed by atoms with Gasteiger partial charge in [0.2, 0.25) is 0 Å². The maximum absolute atomic E-state index is 13.0. The predicted octanol–water partition coefficient (Wildman–Crippen LogP) is 5.60. The fourth-order valence-electron chi connectivity index (χ4n) is 2.51. The van der Waals surface area contributed by atoms with Crippen molar-refractivity contribution in [3.05, 3.63) is 89.0 Å². The van der Waals surface area contributed by atoms with Gasteiger partial charge in [-0.2, -0.15) is 13.2 Å². The Labute approximate surface area is 162 Å². The van der Waals surface area contributed by atoms with E-state index in [-0.39, 0.29) is 12.2 Å². The number of hydrogen-bond acceptors (Lipinski definition) is 1. The minimum atomic E-state index is -4.27. The van der Waals surface area contributed by atoms with Crippen molar-refractivity contribution < 1.29 is 18.3 Å². The Morgan fingerprint density at radius 2 is 1.29 bits per heavy atom. The van der Waals surface area contributed by atoms with E-state index >= 15 is 0 Å². The van der Waals surface area contributed by atoms with E-state index in [9.17, 15) is 18.3 Å². The molecule has 3 rings (SSSR count). The standard InChI is InChI=1S/C24H17F3O/c1-23(24(25,26)27)16-14-21(15-17-23)9-8-19-4-2-18(3-5-19)6-7-20-10-12-22(28)13-11-20/h2-5,10-16,28H,17H2,1H3. The van der Waals surface area contributed by atoms with Crippen LogP contribution in [0.1, 0.15) is 30.0 Å². The summed E-state index contributed by atoms with van der Waals surface area (Å²) in [5.41, 5.74) is 1.13. The number of allylic oxidation sites excluding steroid dienone is 4. The molecule has 0 bridgehead atoms. The van der Waals surface area contributed by atoms with Crippen molar-refractivity contribution in [3.63, 3.8) is 0 Å². The Balaban J connectivity index is 1.67. The topological polar surface area (TPSA) is 20.2 Å². The van der Waals surface area contributed by atoms with Gasteiger partial charge >= 0.3 is 6.18 Å². The molecule has 0 saturated carbocycles. The van der Waals surface area contributed by atoms with Gasteiger partial charge in [0.15, 0.2) is 0 Å². The Morgan fingerprint density at radius 3 is 1.71 bits per heavy atom. The maximum atomic E-state index is 13.0. The van der Waals surface area contributed by atoms with Crippen LogP contribution in [-0.4, -0.2) is 11.3 Å². The molecule has 1 N–H and O–H groups in total. The Kier molecular flexibility index (Phi) is 5.34. The lowest BCUT2D eigenvalue weighted by Gasteiger charge is -2.29. The zero-order valence-electron chi connectivity index (χ0n) is 15.1. The third-order valence-electron chi connectivity index (χ3n) is 4.48. The van der Waals surface area contributed by atoms with Crippen molar-refractivity contribution >= 4 is 0 Å². The van der Waals surface area contributed by atoms with Gasteiger partial charge in [-0.05, 0) is 68.0 Å². The van der Waals surface area contributed by atoms with E-state index in [1.807, 2.05) is 24.3 Å². The zero-order valence-corrected chi connectivity index (χ0v) is 15.1. The summed E-state index contributed by atoms with van der Waals surface area (Å²) in [6.45, 7) is 1.18. The van der Waals surface area contributed by atoms with Crippen LogP contribution in [0.3, 0.4) is 0 Å². The zero-order chi connectivity index (χ0) is 20.2. The molecule has 0 amide bonds. The average Bonchev–Trinajstić information content (AvgIpc) is 2.67. The highest BCUT2D eigenvalue weighted by molar-refractivity contribution is 5.50. The number of halogens is 3. The van der Waals surface area contributed by atoms with Gasteiger partial charge in [0.25, 0.3) is 0 Å². The van der Waals surface area contributed by atoms with E-state index in [2.05, 4.69) is 23.7 Å². The summed E-state index contributed by atoms with van der Waals surface area (Å²) in [5, 5.41) is 9.26. The molecule has 1 aliphatic rings. The van der Waals surface area contributed by atoms with E-state index in [0.717, 1.165) is 16.7 Å². The highest BCUT2D eigenvalue weighted by Gasteiger charge is 2.49. The molecule has 1 unspecified atom stereocenters. The molecule has 28 heavy (non-hydrogen) atoms. The lowest BCUT2D eigenvalue weighted by atomic mass is 9.81. The second-order valence-corrected chi connectivity index (χ2v) is 6.74. The van der Waals surface area contributed by atoms with Crippen LogP contribution >= 0.6 is 0 Å². The molecule has 0 fully saturated rings. The quantitative estimate of drug-likeness (QED) is 0.592. The molecule has 0 heterocycles. The van der Waals surface area contributed by atoms with Crippen LogP contribution in [-0.2, 0) is 0 Å². The molecular weight excluding hydrogens is 361 g/mol. The summed E-state index contributed by atoms with van der Waals surface area (Å²) in [4.78, 5) is 0. The van der Waals surface area contributed by atoms with Crippen molar-refractivity contribution in [2.75, 3.05) is 0 Å². The van der Waals surface area contributed by atoms with Crippen molar-refractivity contribution in [2.45, 2.75) is 19.5 Å². The molecule has 0 aliphatic heterocycles. The van der Waals surface area contributed by atoms with Gasteiger partial charge < -0.3 is 5.11 Å². The van der Waals surface area contributed by atoms with E-state index < -0.39 is 11.6 Å². The molecule has 2 aromatic carbocycles. The first-order valence-corrected chi connectivity index (χ1v) is 8.64. The largest absolute Gasteiger partial charge is 0.508 e. The van der Waals surface area contributed by atoms with Crippen molar-refractivity contribution in [1.29, 1.82) is 0 Å². The first kappa shape index (κ1) is 19.4. The van der Waals surface area contributed by atoms with Crippen molar-refractivity contribution in [2.24, 2.45) is 5.41 Å². The molecule has 0 saturated heterocycles. The molecule has 1 nitrogen and oxygen atoms in total. The highest BCUT2D eigenvalue weighted by Crippen LogP contribution is 2.44. The molecule has 1 atom stereocenters. The second kappa shape index (κ2) is 7.71. The minimum Gasteiger partial charge on any atom is -0.508 e. The van der Waals surface area contributed by atoms with Crippen molar-refractivity contribution in [3.8, 4) is 29.4 Å². The Bertz CT molecular complexity index is 1030. The summed E-state index contributed by atoms with van der Waals surface area (Å²) < 4.78 is 39.0. The molecule has 140 valence electrons. The fourth-order valence-corrected chi connectivity index (χ4v) is 2.51. The van der Waals surface area contributed by atoms with Gasteiger partial charge in [-0.25, -0.2) is 0 Å². The van der Waals surface area contributed by atoms with Crippen LogP contribution in [0, 0.1) is 29.1 Å². The number of alkyl halides is 3. The molecule has 0 aromatic heterocycles. The Hall–Kier alpha value is -3.37. The monoisotopic (exact) mass is 378 g/mol. The third kappa shape index (κ3) is 4.67. The molecule has 1 aliphatic carbocycles. The molecule has 4 heteroatoms.